The van der Waals surface area contributed by atoms with Crippen molar-refractivity contribution in [1.29, 1.82) is 0 Å². The molecule has 204 valence electrons. The number of rotatable bonds is 4. The molecule has 3 aliphatic rings. The minimum Gasteiger partial charge on any atom is -0.372 e. The van der Waals surface area contributed by atoms with E-state index in [0.29, 0.717) is 28.6 Å². The zero-order valence-electron chi connectivity index (χ0n) is 23.0. The second kappa shape index (κ2) is 9.99. The number of nitrogens with zero attached hydrogens (tertiary/aromatic N) is 5. The fraction of sp³-hybridized carbons (Fsp3) is 0.419. The lowest BCUT2D eigenvalue weighted by Crippen LogP contribution is -2.52. The monoisotopic (exact) mass is 530 g/mol. The van der Waals surface area contributed by atoms with Crippen LogP contribution in [-0.2, 0) is 5.54 Å². The van der Waals surface area contributed by atoms with E-state index < -0.39 is 17.2 Å². The number of benzene rings is 1. The van der Waals surface area contributed by atoms with Gasteiger partial charge in [-0.15, -0.1) is 0 Å². The van der Waals surface area contributed by atoms with E-state index >= 15 is 4.39 Å². The maximum atomic E-state index is 15.0. The second-order valence-corrected chi connectivity index (χ2v) is 11.4. The number of piperazine rings is 1. The number of pyridine rings is 2. The Kier molecular flexibility index (Phi) is 6.63. The quantitative estimate of drug-likeness (QED) is 0.521. The molecular weight excluding hydrogens is 494 g/mol. The Morgan fingerprint density at radius 2 is 1.72 bits per heavy atom. The number of piperidine rings is 1. The third-order valence-corrected chi connectivity index (χ3v) is 8.74. The molecule has 1 unspecified atom stereocenters. The summed E-state index contributed by atoms with van der Waals surface area (Å²) in [6.45, 7) is 14.2. The fourth-order valence-corrected chi connectivity index (χ4v) is 6.32. The van der Waals surface area contributed by atoms with E-state index in [9.17, 15) is 4.39 Å². The number of aromatic nitrogens is 2. The summed E-state index contributed by atoms with van der Waals surface area (Å²) in [7, 11) is 2.20. The molecule has 2 aromatic heterocycles. The van der Waals surface area contributed by atoms with Crippen molar-refractivity contribution in [2.24, 2.45) is 0 Å². The molecule has 0 spiro atoms. The summed E-state index contributed by atoms with van der Waals surface area (Å²) >= 11 is 0. The summed E-state index contributed by atoms with van der Waals surface area (Å²) in [4.78, 5) is 17.2. The Balaban J connectivity index is 1.26. The van der Waals surface area contributed by atoms with Crippen molar-refractivity contribution in [2.45, 2.75) is 38.3 Å². The van der Waals surface area contributed by atoms with Gasteiger partial charge in [0.2, 0.25) is 0 Å². The molecule has 1 atom stereocenters. The van der Waals surface area contributed by atoms with Crippen LogP contribution in [0.1, 0.15) is 36.6 Å². The molecule has 3 aromatic rings. The van der Waals surface area contributed by atoms with Crippen molar-refractivity contribution >= 4 is 22.3 Å². The number of hydrogen-bond acceptors (Lipinski definition) is 6. The molecule has 6 nitrogen and oxygen atoms in total. The fourth-order valence-electron chi connectivity index (χ4n) is 6.32. The highest BCUT2D eigenvalue weighted by Gasteiger charge is 2.39. The van der Waals surface area contributed by atoms with Crippen LogP contribution < -0.4 is 10.2 Å². The first-order chi connectivity index (χ1) is 18.7. The van der Waals surface area contributed by atoms with Gasteiger partial charge in [-0.05, 0) is 69.6 Å². The Morgan fingerprint density at radius 1 is 0.974 bits per heavy atom. The summed E-state index contributed by atoms with van der Waals surface area (Å²) in [6, 6.07) is 9.14. The average Bonchev–Trinajstić information content (AvgIpc) is 3.25. The molecule has 0 amide bonds. The van der Waals surface area contributed by atoms with Gasteiger partial charge in [-0.3, -0.25) is 9.88 Å². The molecule has 2 saturated heterocycles. The maximum absolute atomic E-state index is 15.0. The van der Waals surface area contributed by atoms with E-state index in [0.717, 1.165) is 80.5 Å². The van der Waals surface area contributed by atoms with Crippen LogP contribution in [0.15, 0.2) is 54.9 Å². The van der Waals surface area contributed by atoms with Gasteiger partial charge in [0.15, 0.2) is 0 Å². The van der Waals surface area contributed by atoms with Gasteiger partial charge in [0.1, 0.15) is 11.6 Å². The first-order valence-corrected chi connectivity index (χ1v) is 13.8. The minimum atomic E-state index is -0.934. The van der Waals surface area contributed by atoms with Gasteiger partial charge in [-0.2, -0.15) is 0 Å². The normalized spacial score (nSPS) is 23.4. The molecular formula is C31H36F2N6. The van der Waals surface area contributed by atoms with E-state index in [1.54, 1.807) is 13.0 Å². The molecule has 6 rings (SSSR count). The van der Waals surface area contributed by atoms with Gasteiger partial charge in [-0.1, -0.05) is 6.58 Å². The smallest absolute Gasteiger partial charge is 0.132 e. The minimum absolute atomic E-state index is 0.364. The molecule has 3 aliphatic heterocycles. The molecule has 0 radical (unpaired) electrons. The molecule has 0 aliphatic carbocycles. The molecule has 5 heterocycles. The van der Waals surface area contributed by atoms with Crippen molar-refractivity contribution in [3.05, 3.63) is 83.3 Å². The van der Waals surface area contributed by atoms with E-state index in [-0.39, 0.29) is 0 Å². The molecule has 8 heteroatoms. The van der Waals surface area contributed by atoms with Crippen LogP contribution in [-0.4, -0.2) is 72.1 Å². The average molecular weight is 531 g/mol. The van der Waals surface area contributed by atoms with Crippen LogP contribution in [0.25, 0.3) is 16.6 Å². The van der Waals surface area contributed by atoms with Gasteiger partial charge in [-0.25, -0.2) is 13.8 Å². The van der Waals surface area contributed by atoms with Crippen LogP contribution in [0.5, 0.6) is 0 Å². The summed E-state index contributed by atoms with van der Waals surface area (Å²) < 4.78 is 29.1. The number of hydrogen-bond donors (Lipinski definition) is 1. The standard InChI is InChI=1S/C31H36F2N6/c1-20-15-24(27(33)18-26(20)32)31(3)25(16-21(2)36-31)28-5-6-29-30(35-28)17-23(19-34-29)38-9-7-22(8-10-38)39-13-11-37(4)12-14-39/h5-6,15-19,22,36H,2,7-14H2,1,3-4H3. The predicted molar refractivity (Wildman–Crippen MR) is 153 cm³/mol. The highest BCUT2D eigenvalue weighted by molar-refractivity contribution is 5.84. The van der Waals surface area contributed by atoms with Gasteiger partial charge < -0.3 is 15.1 Å². The van der Waals surface area contributed by atoms with Crippen LogP contribution in [0, 0.1) is 18.6 Å². The lowest BCUT2D eigenvalue weighted by molar-refractivity contribution is 0.0982. The number of halogens is 2. The summed E-state index contributed by atoms with van der Waals surface area (Å²) in [5, 5.41) is 3.31. The molecule has 0 saturated carbocycles. The summed E-state index contributed by atoms with van der Waals surface area (Å²) in [6.07, 6.45) is 6.14. The Hall–Kier alpha value is -3.36. The molecule has 0 bridgehead atoms. The van der Waals surface area contributed by atoms with Crippen molar-refractivity contribution in [3.8, 4) is 0 Å². The van der Waals surface area contributed by atoms with Gasteiger partial charge >= 0.3 is 0 Å². The third kappa shape index (κ3) is 4.80. The Morgan fingerprint density at radius 3 is 2.46 bits per heavy atom. The highest BCUT2D eigenvalue weighted by atomic mass is 19.1. The third-order valence-electron chi connectivity index (χ3n) is 8.74. The summed E-state index contributed by atoms with van der Waals surface area (Å²) in [5.41, 5.74) is 4.67. The highest BCUT2D eigenvalue weighted by Crippen LogP contribution is 2.42. The summed E-state index contributed by atoms with van der Waals surface area (Å²) in [5.74, 6) is -1.16. The lowest BCUT2D eigenvalue weighted by atomic mass is 9.83. The first-order valence-electron chi connectivity index (χ1n) is 13.8. The van der Waals surface area contributed by atoms with E-state index in [1.807, 2.05) is 31.3 Å². The zero-order valence-corrected chi connectivity index (χ0v) is 23.0. The van der Waals surface area contributed by atoms with E-state index in [2.05, 4.69) is 39.7 Å². The molecule has 1 N–H and O–H groups in total. The van der Waals surface area contributed by atoms with Crippen LogP contribution >= 0.6 is 0 Å². The van der Waals surface area contributed by atoms with Crippen LogP contribution in [0.4, 0.5) is 14.5 Å². The van der Waals surface area contributed by atoms with Crippen molar-refractivity contribution in [1.82, 2.24) is 25.1 Å². The Labute approximate surface area is 229 Å². The van der Waals surface area contributed by atoms with E-state index in [4.69, 9.17) is 9.97 Å². The van der Waals surface area contributed by atoms with Gasteiger partial charge in [0.25, 0.3) is 0 Å². The predicted octanol–water partition coefficient (Wildman–Crippen LogP) is 4.85. The lowest BCUT2D eigenvalue weighted by Gasteiger charge is -2.42. The largest absolute Gasteiger partial charge is 0.372 e. The number of likely N-dealkylation sites (N-methyl/N-ethyl adjacent to an activating group) is 1. The SMILES string of the molecule is C=C1C=C(c2ccc3ncc(N4CCC(N5CCN(C)CC5)CC4)cc3n2)C(C)(c2cc(C)c(F)cc2F)N1. The number of nitrogens with one attached hydrogen (secondary N) is 1. The number of anilines is 1. The molecule has 2 fully saturated rings. The maximum Gasteiger partial charge on any atom is 0.132 e. The van der Waals surface area contributed by atoms with Crippen molar-refractivity contribution in [3.63, 3.8) is 0 Å². The van der Waals surface area contributed by atoms with Crippen LogP contribution in [0.3, 0.4) is 0 Å². The van der Waals surface area contributed by atoms with Crippen LogP contribution in [0.2, 0.25) is 0 Å². The number of fused-ring (bicyclic) bond motifs is 1. The van der Waals surface area contributed by atoms with Crippen molar-refractivity contribution < 1.29 is 8.78 Å². The first kappa shape index (κ1) is 25.9. The zero-order chi connectivity index (χ0) is 27.3. The molecule has 1 aromatic carbocycles. The molecule has 39 heavy (non-hydrogen) atoms. The van der Waals surface area contributed by atoms with Crippen molar-refractivity contribution in [2.75, 3.05) is 51.2 Å². The number of allylic oxidation sites excluding steroid dienone is 1. The van der Waals surface area contributed by atoms with Gasteiger partial charge in [0, 0.05) is 68.2 Å². The number of aryl methyl sites for hydroxylation is 1. The Bertz CT molecular complexity index is 1450. The van der Waals surface area contributed by atoms with Gasteiger partial charge in [0.05, 0.1) is 34.2 Å². The van der Waals surface area contributed by atoms with E-state index in [1.165, 1.54) is 0 Å². The topological polar surface area (TPSA) is 47.5 Å². The second-order valence-electron chi connectivity index (χ2n) is 11.4.